The number of fused-ring (bicyclic) bond motifs is 1. The lowest BCUT2D eigenvalue weighted by atomic mass is 9.87. The van der Waals surface area contributed by atoms with Gasteiger partial charge in [-0.1, -0.05) is 15.9 Å². The highest BCUT2D eigenvalue weighted by molar-refractivity contribution is 9.10. The first-order chi connectivity index (χ1) is 7.02. The molecule has 1 N–H and O–H groups in total. The summed E-state index contributed by atoms with van der Waals surface area (Å²) in [5, 5.41) is 9.20. The summed E-state index contributed by atoms with van der Waals surface area (Å²) in [6, 6.07) is 4.39. The van der Waals surface area contributed by atoms with E-state index in [0.29, 0.717) is 4.47 Å². The zero-order valence-corrected chi connectivity index (χ0v) is 8.95. The van der Waals surface area contributed by atoms with E-state index in [1.54, 1.807) is 6.07 Å². The molecule has 1 aromatic rings. The van der Waals surface area contributed by atoms with E-state index in [2.05, 4.69) is 15.9 Å². The molecule has 0 aromatic heterocycles. The first-order valence-electron chi connectivity index (χ1n) is 4.12. The Labute approximate surface area is 93.0 Å². The molecule has 0 radical (unpaired) electrons. The minimum atomic E-state index is -1.84. The molecule has 0 spiro atoms. The van der Waals surface area contributed by atoms with Gasteiger partial charge in [0.25, 0.3) is 0 Å². The van der Waals surface area contributed by atoms with Crippen LogP contribution in [0, 0.1) is 0 Å². The number of rotatable bonds is 0. The van der Waals surface area contributed by atoms with Crippen molar-refractivity contribution >= 4 is 33.3 Å². The Hall–Kier alpha value is -1.33. The van der Waals surface area contributed by atoms with E-state index in [1.165, 1.54) is 12.1 Å². The number of Topliss-reactive ketones (excluding diaryl/α,β-unsaturated/α-hetero) is 3. The molecule has 4 nitrogen and oxygen atoms in total. The maximum absolute atomic E-state index is 11.4. The van der Waals surface area contributed by atoms with Gasteiger partial charge >= 0.3 is 0 Å². The van der Waals surface area contributed by atoms with Crippen LogP contribution in [0.15, 0.2) is 22.7 Å². The molecule has 2 rings (SSSR count). The molecule has 15 heavy (non-hydrogen) atoms. The number of benzene rings is 1. The minimum Gasteiger partial charge on any atom is -0.377 e. The average molecular weight is 269 g/mol. The Morgan fingerprint density at radius 3 is 2.40 bits per heavy atom. The quantitative estimate of drug-likeness (QED) is 0.557. The fourth-order valence-corrected chi connectivity index (χ4v) is 1.80. The molecule has 0 aliphatic heterocycles. The van der Waals surface area contributed by atoms with Gasteiger partial charge in [-0.15, -0.1) is 0 Å². The third kappa shape index (κ3) is 1.44. The minimum absolute atomic E-state index is 0.0460. The van der Waals surface area contributed by atoms with Gasteiger partial charge in [-0.2, -0.15) is 0 Å². The number of carbonyl (C=O) groups is 3. The van der Waals surface area contributed by atoms with Crippen molar-refractivity contribution in [2.24, 2.45) is 0 Å². The van der Waals surface area contributed by atoms with Gasteiger partial charge in [-0.3, -0.25) is 14.4 Å². The van der Waals surface area contributed by atoms with Crippen LogP contribution < -0.4 is 0 Å². The van der Waals surface area contributed by atoms with E-state index in [-0.39, 0.29) is 11.1 Å². The average Bonchev–Trinajstić information content (AvgIpc) is 2.23. The first-order valence-corrected chi connectivity index (χ1v) is 4.92. The zero-order chi connectivity index (χ0) is 11.2. The standard InChI is InChI=1S/C10H5BrO4/c11-4-1-2-5-6(3-4)8(13)10(15)9(14)7(5)12/h1-3,9,14H. The SMILES string of the molecule is O=C1C(=O)C(O)C(=O)c2ccc(Br)cc21. The van der Waals surface area contributed by atoms with Crippen LogP contribution in [0.4, 0.5) is 0 Å². The maximum Gasteiger partial charge on any atom is 0.239 e. The largest absolute Gasteiger partial charge is 0.377 e. The Kier molecular flexibility index (Phi) is 2.28. The Bertz CT molecular complexity index is 492. The van der Waals surface area contributed by atoms with Crippen molar-refractivity contribution in [3.05, 3.63) is 33.8 Å². The summed E-state index contributed by atoms with van der Waals surface area (Å²) in [6.07, 6.45) is -1.84. The van der Waals surface area contributed by atoms with Crippen molar-refractivity contribution in [2.75, 3.05) is 0 Å². The van der Waals surface area contributed by atoms with Crippen molar-refractivity contribution in [1.82, 2.24) is 0 Å². The van der Waals surface area contributed by atoms with Crippen LogP contribution in [0.1, 0.15) is 20.7 Å². The monoisotopic (exact) mass is 268 g/mol. The number of aliphatic hydroxyl groups excluding tert-OH is 1. The van der Waals surface area contributed by atoms with Crippen LogP contribution in [0.3, 0.4) is 0 Å². The van der Waals surface area contributed by atoms with Crippen LogP contribution in [0.2, 0.25) is 0 Å². The number of hydrogen-bond acceptors (Lipinski definition) is 4. The van der Waals surface area contributed by atoms with E-state index in [0.717, 1.165) is 0 Å². The van der Waals surface area contributed by atoms with E-state index in [1.807, 2.05) is 0 Å². The van der Waals surface area contributed by atoms with Crippen molar-refractivity contribution in [3.8, 4) is 0 Å². The van der Waals surface area contributed by atoms with E-state index < -0.39 is 23.5 Å². The van der Waals surface area contributed by atoms with Gasteiger partial charge in [0.2, 0.25) is 11.6 Å². The van der Waals surface area contributed by atoms with Crippen molar-refractivity contribution in [1.29, 1.82) is 0 Å². The van der Waals surface area contributed by atoms with Crippen LogP contribution in [-0.2, 0) is 4.79 Å². The summed E-state index contributed by atoms with van der Waals surface area (Å²) < 4.78 is 0.603. The summed E-state index contributed by atoms with van der Waals surface area (Å²) in [5.41, 5.74) is 0.139. The second kappa shape index (κ2) is 3.36. The molecular formula is C10H5BrO4. The highest BCUT2D eigenvalue weighted by Gasteiger charge is 2.38. The highest BCUT2D eigenvalue weighted by Crippen LogP contribution is 2.23. The van der Waals surface area contributed by atoms with Gasteiger partial charge in [-0.25, -0.2) is 0 Å². The number of halogens is 1. The maximum atomic E-state index is 11.4. The molecule has 1 aliphatic carbocycles. The van der Waals surface area contributed by atoms with E-state index in [9.17, 15) is 19.5 Å². The second-order valence-corrected chi connectivity index (χ2v) is 4.07. The molecule has 76 valence electrons. The van der Waals surface area contributed by atoms with Gasteiger partial charge in [0.1, 0.15) is 0 Å². The second-order valence-electron chi connectivity index (χ2n) is 3.15. The lowest BCUT2D eigenvalue weighted by Gasteiger charge is -2.16. The molecule has 1 unspecified atom stereocenters. The predicted molar refractivity (Wildman–Crippen MR) is 53.8 cm³/mol. The van der Waals surface area contributed by atoms with Crippen LogP contribution in [0.25, 0.3) is 0 Å². The molecule has 0 bridgehead atoms. The van der Waals surface area contributed by atoms with Gasteiger partial charge in [0.15, 0.2) is 11.9 Å². The highest BCUT2D eigenvalue weighted by atomic mass is 79.9. The third-order valence-corrected chi connectivity index (χ3v) is 2.71. The molecular weight excluding hydrogens is 264 g/mol. The molecule has 1 aliphatic rings. The fourth-order valence-electron chi connectivity index (χ4n) is 1.44. The molecule has 0 heterocycles. The summed E-state index contributed by atoms with van der Waals surface area (Å²) in [5.74, 6) is -2.61. The zero-order valence-electron chi connectivity index (χ0n) is 7.36. The van der Waals surface area contributed by atoms with Crippen molar-refractivity contribution in [3.63, 3.8) is 0 Å². The lowest BCUT2D eigenvalue weighted by Crippen LogP contribution is -2.41. The summed E-state index contributed by atoms with van der Waals surface area (Å²) in [6.45, 7) is 0. The number of hydrogen-bond donors (Lipinski definition) is 1. The Balaban J connectivity index is 2.69. The van der Waals surface area contributed by atoms with Gasteiger partial charge < -0.3 is 5.11 Å². The molecule has 0 amide bonds. The van der Waals surface area contributed by atoms with E-state index in [4.69, 9.17) is 0 Å². The number of carbonyl (C=O) groups excluding carboxylic acids is 3. The molecule has 1 aromatic carbocycles. The van der Waals surface area contributed by atoms with Crippen LogP contribution in [0.5, 0.6) is 0 Å². The Morgan fingerprint density at radius 1 is 1.07 bits per heavy atom. The van der Waals surface area contributed by atoms with Crippen molar-refractivity contribution in [2.45, 2.75) is 6.10 Å². The number of ketones is 3. The van der Waals surface area contributed by atoms with Crippen molar-refractivity contribution < 1.29 is 19.5 Å². The Morgan fingerprint density at radius 2 is 1.73 bits per heavy atom. The first kappa shape index (κ1) is 10.2. The molecule has 5 heteroatoms. The normalized spacial score (nSPS) is 20.4. The third-order valence-electron chi connectivity index (χ3n) is 2.21. The van der Waals surface area contributed by atoms with Gasteiger partial charge in [0, 0.05) is 15.6 Å². The molecule has 0 fully saturated rings. The fraction of sp³-hybridized carbons (Fsp3) is 0.100. The van der Waals surface area contributed by atoms with E-state index >= 15 is 0 Å². The summed E-state index contributed by atoms with van der Waals surface area (Å²) >= 11 is 3.14. The predicted octanol–water partition coefficient (Wildman–Crippen LogP) is 0.758. The molecule has 1 atom stereocenters. The lowest BCUT2D eigenvalue weighted by molar-refractivity contribution is -0.120. The van der Waals surface area contributed by atoms with Crippen LogP contribution in [-0.4, -0.2) is 28.6 Å². The number of aliphatic hydroxyl groups is 1. The van der Waals surface area contributed by atoms with Gasteiger partial charge in [0.05, 0.1) is 0 Å². The van der Waals surface area contributed by atoms with Crippen LogP contribution >= 0.6 is 15.9 Å². The smallest absolute Gasteiger partial charge is 0.239 e. The summed E-state index contributed by atoms with van der Waals surface area (Å²) in [4.78, 5) is 34.1. The van der Waals surface area contributed by atoms with Gasteiger partial charge in [-0.05, 0) is 18.2 Å². The molecule has 0 saturated heterocycles. The topological polar surface area (TPSA) is 71.4 Å². The summed E-state index contributed by atoms with van der Waals surface area (Å²) in [7, 11) is 0. The molecule has 0 saturated carbocycles.